The van der Waals surface area contributed by atoms with Crippen LogP contribution in [0.25, 0.3) is 0 Å². The zero-order chi connectivity index (χ0) is 21.5. The van der Waals surface area contributed by atoms with Crippen LogP contribution >= 0.6 is 0 Å². The quantitative estimate of drug-likeness (QED) is 0.748. The van der Waals surface area contributed by atoms with Crippen molar-refractivity contribution in [3.63, 3.8) is 0 Å². The number of ether oxygens (including phenoxy) is 1. The molecule has 0 atom stereocenters. The van der Waals surface area contributed by atoms with E-state index in [-0.39, 0.29) is 24.5 Å². The number of para-hydroxylation sites is 1. The summed E-state index contributed by atoms with van der Waals surface area (Å²) >= 11 is 0. The van der Waals surface area contributed by atoms with Crippen LogP contribution in [0, 0.1) is 0 Å². The molecule has 1 aliphatic heterocycles. The Hall–Kier alpha value is -2.82. The van der Waals surface area contributed by atoms with Gasteiger partial charge in [0, 0.05) is 24.7 Å². The molecular formula is C25H32N2O3. The summed E-state index contributed by atoms with van der Waals surface area (Å²) in [6, 6.07) is 15.8. The minimum absolute atomic E-state index is 0.0123. The predicted octanol–water partition coefficient (Wildman–Crippen LogP) is 4.17. The number of hydrogen-bond donors (Lipinski definition) is 1. The summed E-state index contributed by atoms with van der Waals surface area (Å²) in [5, 5.41) is 3.04. The Morgan fingerprint density at radius 1 is 1.07 bits per heavy atom. The van der Waals surface area contributed by atoms with Crippen LogP contribution in [0.3, 0.4) is 0 Å². The van der Waals surface area contributed by atoms with Crippen molar-refractivity contribution < 1.29 is 14.3 Å². The van der Waals surface area contributed by atoms with Crippen LogP contribution in [0.2, 0.25) is 0 Å². The minimum atomic E-state index is -0.116. The third kappa shape index (κ3) is 5.62. The van der Waals surface area contributed by atoms with E-state index in [2.05, 4.69) is 26.1 Å². The summed E-state index contributed by atoms with van der Waals surface area (Å²) in [4.78, 5) is 26.9. The van der Waals surface area contributed by atoms with Crippen LogP contribution in [-0.2, 0) is 11.2 Å². The Morgan fingerprint density at radius 2 is 1.73 bits per heavy atom. The van der Waals surface area contributed by atoms with Gasteiger partial charge in [-0.2, -0.15) is 0 Å². The highest BCUT2D eigenvalue weighted by Crippen LogP contribution is 2.19. The van der Waals surface area contributed by atoms with Crippen LogP contribution in [0.4, 0.5) is 0 Å². The second-order valence-electron chi connectivity index (χ2n) is 8.16. The van der Waals surface area contributed by atoms with E-state index >= 15 is 0 Å². The van der Waals surface area contributed by atoms with Crippen molar-refractivity contribution in [1.29, 1.82) is 0 Å². The molecule has 2 aromatic carbocycles. The van der Waals surface area contributed by atoms with Crippen molar-refractivity contribution >= 4 is 11.8 Å². The molecular weight excluding hydrogens is 376 g/mol. The SMILES string of the molecule is CCc1ccccc1OCC(=O)NC1CCN(C(=O)c2ccc(C(C)C)cc2)CC1. The molecule has 5 heteroatoms. The van der Waals surface area contributed by atoms with Gasteiger partial charge < -0.3 is 15.0 Å². The summed E-state index contributed by atoms with van der Waals surface area (Å²) in [6.07, 6.45) is 2.38. The highest BCUT2D eigenvalue weighted by Gasteiger charge is 2.24. The molecule has 2 amide bonds. The smallest absolute Gasteiger partial charge is 0.258 e. The number of carbonyl (C=O) groups excluding carboxylic acids is 2. The molecule has 0 saturated carbocycles. The first-order valence-corrected chi connectivity index (χ1v) is 10.9. The summed E-state index contributed by atoms with van der Waals surface area (Å²) in [5.74, 6) is 1.16. The standard InChI is InChI=1S/C25H32N2O3/c1-4-19-7-5-6-8-23(19)30-17-24(28)26-22-13-15-27(16-14-22)25(29)21-11-9-20(10-12-21)18(2)3/h5-12,18,22H,4,13-17H2,1-3H3,(H,26,28). The molecule has 1 fully saturated rings. The first kappa shape index (κ1) is 21.9. The maximum Gasteiger partial charge on any atom is 0.258 e. The molecule has 0 bridgehead atoms. The Labute approximate surface area is 179 Å². The Kier molecular flexibility index (Phi) is 7.50. The van der Waals surface area contributed by atoms with E-state index in [9.17, 15) is 9.59 Å². The van der Waals surface area contributed by atoms with Crippen molar-refractivity contribution in [2.24, 2.45) is 0 Å². The highest BCUT2D eigenvalue weighted by atomic mass is 16.5. The van der Waals surface area contributed by atoms with Gasteiger partial charge in [-0.1, -0.05) is 51.1 Å². The van der Waals surface area contributed by atoms with E-state index in [0.29, 0.717) is 19.0 Å². The van der Waals surface area contributed by atoms with Gasteiger partial charge in [-0.3, -0.25) is 9.59 Å². The highest BCUT2D eigenvalue weighted by molar-refractivity contribution is 5.94. The van der Waals surface area contributed by atoms with E-state index in [1.165, 1.54) is 5.56 Å². The van der Waals surface area contributed by atoms with Crippen molar-refractivity contribution in [2.75, 3.05) is 19.7 Å². The largest absolute Gasteiger partial charge is 0.483 e. The lowest BCUT2D eigenvalue weighted by molar-refractivity contribution is -0.124. The third-order valence-electron chi connectivity index (χ3n) is 5.68. The van der Waals surface area contributed by atoms with E-state index in [1.54, 1.807) is 0 Å². The average Bonchev–Trinajstić information content (AvgIpc) is 2.78. The van der Waals surface area contributed by atoms with Crippen molar-refractivity contribution in [3.8, 4) is 5.75 Å². The van der Waals surface area contributed by atoms with Crippen molar-refractivity contribution in [1.82, 2.24) is 10.2 Å². The van der Waals surface area contributed by atoms with Crippen LogP contribution < -0.4 is 10.1 Å². The molecule has 0 spiro atoms. The predicted molar refractivity (Wildman–Crippen MR) is 119 cm³/mol. The molecule has 30 heavy (non-hydrogen) atoms. The molecule has 1 N–H and O–H groups in total. The van der Waals surface area contributed by atoms with E-state index in [1.807, 2.05) is 53.4 Å². The topological polar surface area (TPSA) is 58.6 Å². The minimum Gasteiger partial charge on any atom is -0.483 e. The van der Waals surface area contributed by atoms with Crippen LogP contribution in [0.5, 0.6) is 5.75 Å². The van der Waals surface area contributed by atoms with Crippen LogP contribution in [-0.4, -0.2) is 42.5 Å². The van der Waals surface area contributed by atoms with Crippen LogP contribution in [0.1, 0.15) is 61.0 Å². The second-order valence-corrected chi connectivity index (χ2v) is 8.16. The third-order valence-corrected chi connectivity index (χ3v) is 5.68. The summed E-state index contributed by atoms with van der Waals surface area (Å²) in [7, 11) is 0. The van der Waals surface area contributed by atoms with Crippen molar-refractivity contribution in [3.05, 3.63) is 65.2 Å². The molecule has 1 aliphatic rings. The molecule has 5 nitrogen and oxygen atoms in total. The number of piperidine rings is 1. The Bertz CT molecular complexity index is 853. The Morgan fingerprint density at radius 3 is 2.37 bits per heavy atom. The van der Waals surface area contributed by atoms with Gasteiger partial charge in [-0.15, -0.1) is 0 Å². The lowest BCUT2D eigenvalue weighted by atomic mass is 10.0. The van der Waals surface area contributed by atoms with Crippen molar-refractivity contribution in [2.45, 2.75) is 52.0 Å². The van der Waals surface area contributed by atoms with Gasteiger partial charge in [0.05, 0.1) is 0 Å². The molecule has 0 radical (unpaired) electrons. The fourth-order valence-corrected chi connectivity index (χ4v) is 3.77. The maximum atomic E-state index is 12.7. The number of amides is 2. The first-order chi connectivity index (χ1) is 14.5. The van der Waals surface area contributed by atoms with E-state index < -0.39 is 0 Å². The van der Waals surface area contributed by atoms with Gasteiger partial charge in [-0.25, -0.2) is 0 Å². The zero-order valence-electron chi connectivity index (χ0n) is 18.2. The normalized spacial score (nSPS) is 14.6. The second kappa shape index (κ2) is 10.3. The monoisotopic (exact) mass is 408 g/mol. The van der Waals surface area contributed by atoms with Gasteiger partial charge >= 0.3 is 0 Å². The zero-order valence-corrected chi connectivity index (χ0v) is 18.2. The number of rotatable bonds is 7. The lowest BCUT2D eigenvalue weighted by Gasteiger charge is -2.32. The average molecular weight is 409 g/mol. The number of benzene rings is 2. The lowest BCUT2D eigenvalue weighted by Crippen LogP contribution is -2.47. The molecule has 1 heterocycles. The maximum absolute atomic E-state index is 12.7. The van der Waals surface area contributed by atoms with Gasteiger partial charge in [0.2, 0.25) is 0 Å². The molecule has 2 aromatic rings. The fourth-order valence-electron chi connectivity index (χ4n) is 3.77. The molecule has 0 aliphatic carbocycles. The molecule has 160 valence electrons. The van der Waals surface area contributed by atoms with Crippen LogP contribution in [0.15, 0.2) is 48.5 Å². The summed E-state index contributed by atoms with van der Waals surface area (Å²) in [5.41, 5.74) is 3.06. The van der Waals surface area contributed by atoms with Gasteiger partial charge in [0.1, 0.15) is 5.75 Å². The fraction of sp³-hybridized carbons (Fsp3) is 0.440. The molecule has 1 saturated heterocycles. The first-order valence-electron chi connectivity index (χ1n) is 10.9. The molecule has 0 unspecified atom stereocenters. The van der Waals surface area contributed by atoms with Gasteiger partial charge in [0.25, 0.3) is 11.8 Å². The number of likely N-dealkylation sites (tertiary alicyclic amines) is 1. The number of aryl methyl sites for hydroxylation is 1. The number of nitrogens with one attached hydrogen (secondary N) is 1. The van der Waals surface area contributed by atoms with Gasteiger partial charge in [-0.05, 0) is 54.5 Å². The van der Waals surface area contributed by atoms with Gasteiger partial charge in [0.15, 0.2) is 6.61 Å². The summed E-state index contributed by atoms with van der Waals surface area (Å²) in [6.45, 7) is 7.66. The van der Waals surface area contributed by atoms with E-state index in [0.717, 1.165) is 36.1 Å². The summed E-state index contributed by atoms with van der Waals surface area (Å²) < 4.78 is 5.70. The number of nitrogens with zero attached hydrogens (tertiary/aromatic N) is 1. The number of hydrogen-bond acceptors (Lipinski definition) is 3. The molecule has 3 rings (SSSR count). The van der Waals surface area contributed by atoms with E-state index in [4.69, 9.17) is 4.74 Å². The number of carbonyl (C=O) groups is 2. The Balaban J connectivity index is 1.44. The molecule has 0 aromatic heterocycles.